The molecular weight excluding hydrogens is 134 g/mol. The highest BCUT2D eigenvalue weighted by atomic mass is 15.1. The predicted molar refractivity (Wildman–Crippen MR) is 49.3 cm³/mol. The zero-order chi connectivity index (χ0) is 8.48. The van der Waals surface area contributed by atoms with E-state index in [2.05, 4.69) is 51.1 Å². The molecule has 0 aromatic heterocycles. The maximum Gasteiger partial charge on any atom is 0.0356 e. The second-order valence-electron chi connectivity index (χ2n) is 4.16. The molecule has 1 aliphatic heterocycles. The first kappa shape index (κ1) is 8.38. The van der Waals surface area contributed by atoms with Crippen molar-refractivity contribution in [2.75, 3.05) is 13.6 Å². The van der Waals surface area contributed by atoms with E-state index in [0.29, 0.717) is 5.41 Å². The SMILES string of the molecule is CN1C=CC(C(C)(C)C)=CC1. The molecule has 0 fully saturated rings. The van der Waals surface area contributed by atoms with Crippen LogP contribution < -0.4 is 0 Å². The van der Waals surface area contributed by atoms with E-state index in [4.69, 9.17) is 0 Å². The average molecular weight is 151 g/mol. The van der Waals surface area contributed by atoms with Gasteiger partial charge in [0.2, 0.25) is 0 Å². The smallest absolute Gasteiger partial charge is 0.0356 e. The van der Waals surface area contributed by atoms with Gasteiger partial charge in [-0.05, 0) is 23.3 Å². The minimum Gasteiger partial charge on any atom is -0.377 e. The third-order valence-electron chi connectivity index (χ3n) is 1.97. The Morgan fingerprint density at radius 2 is 2.00 bits per heavy atom. The summed E-state index contributed by atoms with van der Waals surface area (Å²) >= 11 is 0. The molecule has 0 spiro atoms. The molecule has 0 unspecified atom stereocenters. The lowest BCUT2D eigenvalue weighted by Crippen LogP contribution is -2.18. The van der Waals surface area contributed by atoms with Crippen molar-refractivity contribution in [3.8, 4) is 0 Å². The van der Waals surface area contributed by atoms with Crippen molar-refractivity contribution in [3.63, 3.8) is 0 Å². The van der Waals surface area contributed by atoms with Crippen LogP contribution in [0.2, 0.25) is 0 Å². The summed E-state index contributed by atoms with van der Waals surface area (Å²) in [6.45, 7) is 7.78. The fourth-order valence-corrected chi connectivity index (χ4v) is 1.13. The number of hydrogen-bond acceptors (Lipinski definition) is 1. The first-order valence-corrected chi connectivity index (χ1v) is 4.09. The van der Waals surface area contributed by atoms with E-state index in [1.54, 1.807) is 0 Å². The summed E-state index contributed by atoms with van der Waals surface area (Å²) in [5, 5.41) is 0. The lowest BCUT2D eigenvalue weighted by atomic mass is 9.85. The minimum absolute atomic E-state index is 0.303. The lowest BCUT2D eigenvalue weighted by Gasteiger charge is -2.25. The molecule has 0 aliphatic carbocycles. The zero-order valence-electron chi connectivity index (χ0n) is 7.89. The monoisotopic (exact) mass is 151 g/mol. The van der Waals surface area contributed by atoms with Crippen LogP contribution in [0.3, 0.4) is 0 Å². The van der Waals surface area contributed by atoms with Gasteiger partial charge in [-0.1, -0.05) is 26.8 Å². The topological polar surface area (TPSA) is 3.24 Å². The minimum atomic E-state index is 0.303. The van der Waals surface area contributed by atoms with Crippen LogP contribution in [0.15, 0.2) is 23.9 Å². The fraction of sp³-hybridized carbons (Fsp3) is 0.600. The summed E-state index contributed by atoms with van der Waals surface area (Å²) in [6.07, 6.45) is 6.63. The van der Waals surface area contributed by atoms with Gasteiger partial charge in [-0.25, -0.2) is 0 Å². The van der Waals surface area contributed by atoms with E-state index in [1.165, 1.54) is 5.57 Å². The van der Waals surface area contributed by atoms with Gasteiger partial charge >= 0.3 is 0 Å². The molecule has 0 aromatic rings. The van der Waals surface area contributed by atoms with Gasteiger partial charge in [-0.15, -0.1) is 0 Å². The molecule has 0 saturated carbocycles. The Bertz CT molecular complexity index is 193. The molecule has 11 heavy (non-hydrogen) atoms. The Balaban J connectivity index is 2.71. The fourth-order valence-electron chi connectivity index (χ4n) is 1.13. The van der Waals surface area contributed by atoms with Crippen molar-refractivity contribution in [1.82, 2.24) is 4.90 Å². The van der Waals surface area contributed by atoms with Crippen LogP contribution in [-0.4, -0.2) is 18.5 Å². The van der Waals surface area contributed by atoms with Crippen molar-refractivity contribution in [1.29, 1.82) is 0 Å². The van der Waals surface area contributed by atoms with Crippen molar-refractivity contribution in [3.05, 3.63) is 23.9 Å². The lowest BCUT2D eigenvalue weighted by molar-refractivity contribution is 0.466. The summed E-state index contributed by atoms with van der Waals surface area (Å²) in [4.78, 5) is 2.18. The van der Waals surface area contributed by atoms with Crippen LogP contribution in [0, 0.1) is 5.41 Å². The predicted octanol–water partition coefficient (Wildman–Crippen LogP) is 2.42. The average Bonchev–Trinajstić information content (AvgIpc) is 1.86. The molecule has 1 heteroatoms. The quantitative estimate of drug-likeness (QED) is 0.514. The van der Waals surface area contributed by atoms with Gasteiger partial charge in [0.05, 0.1) is 0 Å². The van der Waals surface area contributed by atoms with Gasteiger partial charge in [0.1, 0.15) is 0 Å². The molecule has 1 aliphatic rings. The highest BCUT2D eigenvalue weighted by Crippen LogP contribution is 2.27. The van der Waals surface area contributed by atoms with Gasteiger partial charge in [0, 0.05) is 13.6 Å². The second kappa shape index (κ2) is 2.72. The second-order valence-corrected chi connectivity index (χ2v) is 4.16. The summed E-state index contributed by atoms with van der Waals surface area (Å²) in [5.41, 5.74) is 1.74. The summed E-state index contributed by atoms with van der Waals surface area (Å²) < 4.78 is 0. The first-order valence-electron chi connectivity index (χ1n) is 4.09. The number of hydrogen-bond donors (Lipinski definition) is 0. The van der Waals surface area contributed by atoms with Crippen LogP contribution in [0.1, 0.15) is 20.8 Å². The van der Waals surface area contributed by atoms with Crippen LogP contribution in [0.25, 0.3) is 0 Å². The van der Waals surface area contributed by atoms with E-state index in [-0.39, 0.29) is 0 Å². The molecule has 1 heterocycles. The van der Waals surface area contributed by atoms with Gasteiger partial charge in [0.25, 0.3) is 0 Å². The van der Waals surface area contributed by atoms with Gasteiger partial charge in [-0.2, -0.15) is 0 Å². The molecule has 0 aromatic carbocycles. The number of allylic oxidation sites excluding steroid dienone is 2. The van der Waals surface area contributed by atoms with E-state index in [1.807, 2.05) is 0 Å². The van der Waals surface area contributed by atoms with E-state index in [9.17, 15) is 0 Å². The van der Waals surface area contributed by atoms with Crippen molar-refractivity contribution in [2.45, 2.75) is 20.8 Å². The van der Waals surface area contributed by atoms with E-state index < -0.39 is 0 Å². The Hall–Kier alpha value is -0.720. The summed E-state index contributed by atoms with van der Waals surface area (Å²) in [6, 6.07) is 0. The normalized spacial score (nSPS) is 18.5. The summed E-state index contributed by atoms with van der Waals surface area (Å²) in [7, 11) is 2.09. The Labute approximate surface area is 69.4 Å². The molecule has 0 bridgehead atoms. The largest absolute Gasteiger partial charge is 0.377 e. The van der Waals surface area contributed by atoms with Crippen molar-refractivity contribution in [2.24, 2.45) is 5.41 Å². The van der Waals surface area contributed by atoms with Crippen molar-refractivity contribution < 1.29 is 0 Å². The van der Waals surface area contributed by atoms with Gasteiger partial charge < -0.3 is 4.90 Å². The Kier molecular flexibility index (Phi) is 2.08. The van der Waals surface area contributed by atoms with E-state index >= 15 is 0 Å². The van der Waals surface area contributed by atoms with Crippen molar-refractivity contribution >= 4 is 0 Å². The molecule has 62 valence electrons. The van der Waals surface area contributed by atoms with E-state index in [0.717, 1.165) is 6.54 Å². The molecule has 0 radical (unpaired) electrons. The highest BCUT2D eigenvalue weighted by Gasteiger charge is 2.15. The molecule has 0 atom stereocenters. The third-order valence-corrected chi connectivity index (χ3v) is 1.97. The standard InChI is InChI=1S/C10H17N/c1-10(2,3)9-5-7-11(4)8-6-9/h5-7H,8H2,1-4H3. The summed E-state index contributed by atoms with van der Waals surface area (Å²) in [5.74, 6) is 0. The van der Waals surface area contributed by atoms with Crippen LogP contribution in [0.5, 0.6) is 0 Å². The van der Waals surface area contributed by atoms with Crippen LogP contribution in [0.4, 0.5) is 0 Å². The third kappa shape index (κ3) is 2.11. The highest BCUT2D eigenvalue weighted by molar-refractivity contribution is 5.27. The number of likely N-dealkylation sites (N-methyl/N-ethyl adjacent to an activating group) is 1. The maximum atomic E-state index is 2.29. The van der Waals surface area contributed by atoms with Gasteiger partial charge in [-0.3, -0.25) is 0 Å². The van der Waals surface area contributed by atoms with Crippen LogP contribution in [-0.2, 0) is 0 Å². The Morgan fingerprint density at radius 1 is 1.36 bits per heavy atom. The molecule has 1 nitrogen and oxygen atoms in total. The van der Waals surface area contributed by atoms with Gasteiger partial charge in [0.15, 0.2) is 0 Å². The number of nitrogens with zero attached hydrogens (tertiary/aromatic N) is 1. The Morgan fingerprint density at radius 3 is 2.36 bits per heavy atom. The molecule has 0 N–H and O–H groups in total. The van der Waals surface area contributed by atoms with Crippen LogP contribution >= 0.6 is 0 Å². The number of rotatable bonds is 0. The molecule has 0 saturated heterocycles. The zero-order valence-corrected chi connectivity index (χ0v) is 7.89. The molecule has 0 amide bonds. The first-order chi connectivity index (χ1) is 5.00. The molecule has 1 rings (SSSR count). The maximum absolute atomic E-state index is 2.29. The molecular formula is C10H17N.